The summed E-state index contributed by atoms with van der Waals surface area (Å²) < 4.78 is 0. The number of carboxylic acids is 1. The molecule has 0 atom stereocenters. The van der Waals surface area contributed by atoms with Crippen molar-refractivity contribution < 1.29 is 9.90 Å². The SMILES string of the molecule is CC(C)(C(=O)O)c1cccc2c1CCN2C1CCC1. The molecule has 1 aliphatic carbocycles. The van der Waals surface area contributed by atoms with Crippen molar-refractivity contribution in [1.82, 2.24) is 0 Å². The molecule has 3 heteroatoms. The number of aliphatic carboxylic acids is 1. The molecule has 1 N–H and O–H groups in total. The van der Waals surface area contributed by atoms with Gasteiger partial charge in [-0.1, -0.05) is 12.1 Å². The van der Waals surface area contributed by atoms with Gasteiger partial charge in [-0.05, 0) is 56.7 Å². The molecule has 0 unspecified atom stereocenters. The number of hydrogen-bond acceptors (Lipinski definition) is 2. The quantitative estimate of drug-likeness (QED) is 0.907. The highest BCUT2D eigenvalue weighted by molar-refractivity contribution is 5.82. The Morgan fingerprint density at radius 3 is 2.68 bits per heavy atom. The number of rotatable bonds is 3. The van der Waals surface area contributed by atoms with Crippen LogP contribution in [-0.2, 0) is 16.6 Å². The van der Waals surface area contributed by atoms with E-state index in [-0.39, 0.29) is 0 Å². The number of carboxylic acid groups (broad SMARTS) is 1. The minimum Gasteiger partial charge on any atom is -0.481 e. The van der Waals surface area contributed by atoms with Crippen LogP contribution in [0.15, 0.2) is 18.2 Å². The molecule has 1 aromatic rings. The second-order valence-electron chi connectivity index (χ2n) is 6.26. The molecule has 1 fully saturated rings. The van der Waals surface area contributed by atoms with Crippen molar-refractivity contribution in [3.05, 3.63) is 29.3 Å². The predicted octanol–water partition coefficient (Wildman–Crippen LogP) is 2.96. The third-order valence-corrected chi connectivity index (χ3v) is 4.79. The van der Waals surface area contributed by atoms with Gasteiger partial charge < -0.3 is 10.0 Å². The molecule has 0 bridgehead atoms. The van der Waals surface area contributed by atoms with Crippen molar-refractivity contribution in [2.24, 2.45) is 0 Å². The van der Waals surface area contributed by atoms with E-state index in [0.717, 1.165) is 18.5 Å². The molecule has 1 heterocycles. The van der Waals surface area contributed by atoms with Crippen LogP contribution in [0.5, 0.6) is 0 Å². The molecule has 1 aromatic carbocycles. The molecule has 1 saturated carbocycles. The summed E-state index contributed by atoms with van der Waals surface area (Å²) in [5, 5.41) is 9.44. The van der Waals surface area contributed by atoms with Crippen LogP contribution in [0.25, 0.3) is 0 Å². The summed E-state index contributed by atoms with van der Waals surface area (Å²) in [5.74, 6) is -0.747. The van der Waals surface area contributed by atoms with Gasteiger partial charge in [-0.15, -0.1) is 0 Å². The molecule has 0 radical (unpaired) electrons. The van der Waals surface area contributed by atoms with E-state index < -0.39 is 11.4 Å². The van der Waals surface area contributed by atoms with Gasteiger partial charge in [0.2, 0.25) is 0 Å². The van der Waals surface area contributed by atoms with Crippen LogP contribution in [0, 0.1) is 0 Å². The Morgan fingerprint density at radius 2 is 2.11 bits per heavy atom. The van der Waals surface area contributed by atoms with E-state index in [0.29, 0.717) is 6.04 Å². The number of fused-ring (bicyclic) bond motifs is 1. The highest BCUT2D eigenvalue weighted by Crippen LogP contribution is 2.40. The fourth-order valence-electron chi connectivity index (χ4n) is 3.24. The van der Waals surface area contributed by atoms with Crippen molar-refractivity contribution in [2.45, 2.75) is 51.0 Å². The first kappa shape index (κ1) is 12.5. The minimum absolute atomic E-state index is 0.685. The standard InChI is InChI=1S/C16H21NO2/c1-16(2,15(18)19)13-7-4-8-14-12(13)9-10-17(14)11-5-3-6-11/h4,7-8,11H,3,5-6,9-10H2,1-2H3,(H,18,19). The summed E-state index contributed by atoms with van der Waals surface area (Å²) in [6, 6.07) is 6.83. The number of carbonyl (C=O) groups is 1. The third-order valence-electron chi connectivity index (χ3n) is 4.79. The van der Waals surface area contributed by atoms with Gasteiger partial charge in [0.25, 0.3) is 0 Å². The molecular weight excluding hydrogens is 238 g/mol. The fourth-order valence-corrected chi connectivity index (χ4v) is 3.24. The average Bonchev–Trinajstić information content (AvgIpc) is 2.70. The maximum absolute atomic E-state index is 11.5. The first-order chi connectivity index (χ1) is 9.01. The lowest BCUT2D eigenvalue weighted by Crippen LogP contribution is -2.38. The van der Waals surface area contributed by atoms with Crippen LogP contribution in [0.4, 0.5) is 5.69 Å². The highest BCUT2D eigenvalue weighted by atomic mass is 16.4. The second-order valence-corrected chi connectivity index (χ2v) is 6.26. The topological polar surface area (TPSA) is 40.5 Å². The van der Waals surface area contributed by atoms with Gasteiger partial charge in [0.15, 0.2) is 0 Å². The first-order valence-electron chi connectivity index (χ1n) is 7.14. The number of benzene rings is 1. The van der Waals surface area contributed by atoms with E-state index in [9.17, 15) is 9.90 Å². The van der Waals surface area contributed by atoms with Crippen LogP contribution >= 0.6 is 0 Å². The Bertz CT molecular complexity index is 517. The first-order valence-corrected chi connectivity index (χ1v) is 7.14. The summed E-state index contributed by atoms with van der Waals surface area (Å²) in [6.45, 7) is 4.65. The summed E-state index contributed by atoms with van der Waals surface area (Å²) in [6.07, 6.45) is 4.88. The van der Waals surface area contributed by atoms with Gasteiger partial charge in [0.1, 0.15) is 0 Å². The maximum atomic E-state index is 11.5. The summed E-state index contributed by atoms with van der Waals surface area (Å²) in [5.41, 5.74) is 2.71. The zero-order valence-corrected chi connectivity index (χ0v) is 11.6. The van der Waals surface area contributed by atoms with Crippen LogP contribution < -0.4 is 4.90 Å². The lowest BCUT2D eigenvalue weighted by molar-refractivity contribution is -0.142. The largest absolute Gasteiger partial charge is 0.481 e. The zero-order valence-electron chi connectivity index (χ0n) is 11.6. The predicted molar refractivity (Wildman–Crippen MR) is 75.8 cm³/mol. The smallest absolute Gasteiger partial charge is 0.313 e. The van der Waals surface area contributed by atoms with Crippen molar-refractivity contribution in [1.29, 1.82) is 0 Å². The van der Waals surface area contributed by atoms with Crippen LogP contribution in [0.1, 0.15) is 44.2 Å². The van der Waals surface area contributed by atoms with E-state index in [1.807, 2.05) is 12.1 Å². The molecule has 2 aliphatic rings. The van der Waals surface area contributed by atoms with E-state index in [1.54, 1.807) is 13.8 Å². The molecular formula is C16H21NO2. The Morgan fingerprint density at radius 1 is 1.37 bits per heavy atom. The van der Waals surface area contributed by atoms with Gasteiger partial charge in [-0.2, -0.15) is 0 Å². The number of hydrogen-bond donors (Lipinski definition) is 1. The van der Waals surface area contributed by atoms with E-state index in [2.05, 4.69) is 11.0 Å². The highest BCUT2D eigenvalue weighted by Gasteiger charge is 2.37. The second kappa shape index (κ2) is 4.26. The molecule has 19 heavy (non-hydrogen) atoms. The van der Waals surface area contributed by atoms with Crippen molar-refractivity contribution in [3.8, 4) is 0 Å². The van der Waals surface area contributed by atoms with Gasteiger partial charge in [-0.25, -0.2) is 0 Å². The molecule has 3 nitrogen and oxygen atoms in total. The Labute approximate surface area is 114 Å². The summed E-state index contributed by atoms with van der Waals surface area (Å²) in [7, 11) is 0. The lowest BCUT2D eigenvalue weighted by atomic mass is 9.81. The third kappa shape index (κ3) is 1.83. The van der Waals surface area contributed by atoms with Gasteiger partial charge in [-0.3, -0.25) is 4.79 Å². The molecule has 0 aromatic heterocycles. The monoisotopic (exact) mass is 259 g/mol. The fraction of sp³-hybridized carbons (Fsp3) is 0.562. The zero-order chi connectivity index (χ0) is 13.6. The lowest BCUT2D eigenvalue weighted by Gasteiger charge is -2.37. The van der Waals surface area contributed by atoms with E-state index >= 15 is 0 Å². The van der Waals surface area contributed by atoms with Crippen LogP contribution in [0.3, 0.4) is 0 Å². The molecule has 102 valence electrons. The van der Waals surface area contributed by atoms with Crippen LogP contribution in [0.2, 0.25) is 0 Å². The number of nitrogens with zero attached hydrogens (tertiary/aromatic N) is 1. The molecule has 1 aliphatic heterocycles. The molecule has 3 rings (SSSR count). The molecule has 0 spiro atoms. The van der Waals surface area contributed by atoms with E-state index in [4.69, 9.17) is 0 Å². The van der Waals surface area contributed by atoms with Crippen LogP contribution in [-0.4, -0.2) is 23.7 Å². The van der Waals surface area contributed by atoms with Gasteiger partial charge >= 0.3 is 5.97 Å². The molecule has 0 saturated heterocycles. The maximum Gasteiger partial charge on any atom is 0.313 e. The van der Waals surface area contributed by atoms with Crippen molar-refractivity contribution >= 4 is 11.7 Å². The summed E-state index contributed by atoms with van der Waals surface area (Å²) >= 11 is 0. The summed E-state index contributed by atoms with van der Waals surface area (Å²) in [4.78, 5) is 14.0. The van der Waals surface area contributed by atoms with E-state index in [1.165, 1.54) is 30.5 Å². The Hall–Kier alpha value is -1.51. The van der Waals surface area contributed by atoms with Crippen molar-refractivity contribution in [3.63, 3.8) is 0 Å². The number of anilines is 1. The normalized spacial score (nSPS) is 19.2. The Balaban J connectivity index is 2.01. The molecule has 0 amide bonds. The van der Waals surface area contributed by atoms with Gasteiger partial charge in [0.05, 0.1) is 5.41 Å². The Kier molecular flexibility index (Phi) is 2.80. The van der Waals surface area contributed by atoms with Gasteiger partial charge in [0, 0.05) is 18.3 Å². The average molecular weight is 259 g/mol. The van der Waals surface area contributed by atoms with Crippen molar-refractivity contribution in [2.75, 3.05) is 11.4 Å². The minimum atomic E-state index is -0.805.